The van der Waals surface area contributed by atoms with Crippen LogP contribution in [0, 0.1) is 35.6 Å². The first-order valence-electron chi connectivity index (χ1n) is 0. The fourth-order valence-electron chi connectivity index (χ4n) is 0. The minimum absolute atomic E-state index is 0. The molecule has 6 heavy (non-hydrogen) atoms. The zero-order chi connectivity index (χ0) is 0. The Kier molecular flexibility index (Phi) is 1050. The van der Waals surface area contributed by atoms with E-state index in [0.717, 1.165) is 0 Å². The van der Waals surface area contributed by atoms with Gasteiger partial charge in [-0.25, -0.2) is 0 Å². The Morgan fingerprint density at radius 3 is 0.500 bits per heavy atom. The van der Waals surface area contributed by atoms with Gasteiger partial charge in [0.25, 0.3) is 0 Å². The van der Waals surface area contributed by atoms with E-state index in [2.05, 4.69) is 0 Å². The average molecular weight is 281 g/mol. The molecule has 2 nitrogen and oxygen atoms in total. The van der Waals surface area contributed by atoms with E-state index >= 15 is 0 Å². The second kappa shape index (κ2) is 63.5. The quantitative estimate of drug-likeness (QED) is 0.423. The van der Waals surface area contributed by atoms with Crippen LogP contribution in [0.4, 0.5) is 0 Å². The number of rotatable bonds is 0. The second-order valence-corrected chi connectivity index (χ2v) is 0. The summed E-state index contributed by atoms with van der Waals surface area (Å²) in [6.07, 6.45) is 0. The first-order chi connectivity index (χ1) is 0. The van der Waals surface area contributed by atoms with Crippen LogP contribution in [-0.2, 0) is 0 Å². The van der Waals surface area contributed by atoms with Crippen LogP contribution in [0.25, 0.3) is 0 Å². The van der Waals surface area contributed by atoms with Crippen molar-refractivity contribution < 1.29 is 83.8 Å². The largest absolute Gasteiger partial charge is 3.00 e. The minimum Gasteiger partial charge on any atom is -1.00 e. The molecule has 0 amide bonds. The molecule has 4 N–H and O–H groups in total. The predicted octanol–water partition coefficient (Wildman–Crippen LogP) is -10.6. The summed E-state index contributed by atoms with van der Waals surface area (Å²) in [6.45, 7) is 0. The smallest absolute Gasteiger partial charge is 1.00 e. The van der Waals surface area contributed by atoms with Gasteiger partial charge in [0.15, 0.2) is 0 Å². The molecule has 0 rings (SSSR count). The van der Waals surface area contributed by atoms with Gasteiger partial charge in [-0.3, -0.25) is 0 Å². The van der Waals surface area contributed by atoms with Gasteiger partial charge >= 0.3 is 35.6 Å². The van der Waals surface area contributed by atoms with Gasteiger partial charge in [-0.05, 0) is 0 Å². The normalized spacial score (nSPS) is 0. The summed E-state index contributed by atoms with van der Waals surface area (Å²) in [5, 5.41) is 0. The Labute approximate surface area is 82.9 Å². The molecule has 0 aliphatic heterocycles. The van der Waals surface area contributed by atoms with Crippen LogP contribution in [-0.4, -0.2) is 11.0 Å². The van der Waals surface area contributed by atoms with E-state index in [1.165, 1.54) is 0 Å². The third-order valence-corrected chi connectivity index (χ3v) is 0. The van der Waals surface area contributed by atoms with Crippen molar-refractivity contribution in [3.63, 3.8) is 0 Å². The second-order valence-electron chi connectivity index (χ2n) is 0. The molecule has 0 radical (unpaired) electrons. The Hall–Kier alpha value is 1.98. The maximum absolute atomic E-state index is 0. The van der Waals surface area contributed by atoms with E-state index in [1.54, 1.807) is 0 Å². The molecule has 0 fully saturated rings. The molecular weight excluding hydrogens is 277 g/mol. The topological polar surface area (TPSA) is 63.0 Å². The SMILES string of the molecule is O.O.[Cl-].[Cl-].[Cl-].[La+3]. The molecule has 0 aromatic heterocycles. The van der Waals surface area contributed by atoms with Gasteiger partial charge in [0, 0.05) is 0 Å². The van der Waals surface area contributed by atoms with Gasteiger partial charge in [0.1, 0.15) is 0 Å². The van der Waals surface area contributed by atoms with Gasteiger partial charge in [-0.15, -0.1) is 0 Å². The molecule has 0 aromatic rings. The molecule has 0 aromatic carbocycles. The molecule has 0 atom stereocenters. The van der Waals surface area contributed by atoms with E-state index in [1.807, 2.05) is 0 Å². The van der Waals surface area contributed by atoms with Gasteiger partial charge < -0.3 is 48.2 Å². The van der Waals surface area contributed by atoms with E-state index in [0.29, 0.717) is 0 Å². The molecule has 6 heteroatoms. The maximum Gasteiger partial charge on any atom is 3.00 e. The molecule has 0 spiro atoms. The average Bonchev–Trinajstić information content (AvgIpc) is 0. The van der Waals surface area contributed by atoms with Crippen molar-refractivity contribution in [2.24, 2.45) is 0 Å². The predicted molar refractivity (Wildman–Crippen MR) is 7.23 cm³/mol. The number of halogens is 3. The van der Waals surface area contributed by atoms with Gasteiger partial charge in [-0.2, -0.15) is 0 Å². The summed E-state index contributed by atoms with van der Waals surface area (Å²) < 4.78 is 0. The van der Waals surface area contributed by atoms with Crippen molar-refractivity contribution in [1.82, 2.24) is 0 Å². The van der Waals surface area contributed by atoms with Gasteiger partial charge in [0.05, 0.1) is 0 Å². The summed E-state index contributed by atoms with van der Waals surface area (Å²) in [4.78, 5) is 0. The number of hydrogen-bond acceptors (Lipinski definition) is 0. The summed E-state index contributed by atoms with van der Waals surface area (Å²) in [6, 6.07) is 0. The maximum atomic E-state index is 0. The zero-order valence-corrected chi connectivity index (χ0v) is 8.60. The van der Waals surface area contributed by atoms with Crippen LogP contribution in [0.1, 0.15) is 0 Å². The summed E-state index contributed by atoms with van der Waals surface area (Å²) >= 11 is 0. The van der Waals surface area contributed by atoms with E-state index in [-0.39, 0.29) is 83.8 Å². The van der Waals surface area contributed by atoms with Crippen molar-refractivity contribution in [3.8, 4) is 0 Å². The molecular formula is H4Cl3LaO2. The molecule has 0 aliphatic carbocycles. The Morgan fingerprint density at radius 1 is 0.500 bits per heavy atom. The van der Waals surface area contributed by atoms with Crippen LogP contribution in [0.5, 0.6) is 0 Å². The molecule has 0 saturated heterocycles. The monoisotopic (exact) mass is 280 g/mol. The van der Waals surface area contributed by atoms with Crippen LogP contribution in [0.2, 0.25) is 0 Å². The van der Waals surface area contributed by atoms with Crippen LogP contribution in [0.3, 0.4) is 0 Å². The van der Waals surface area contributed by atoms with Crippen molar-refractivity contribution in [3.05, 3.63) is 0 Å². The summed E-state index contributed by atoms with van der Waals surface area (Å²) in [7, 11) is 0. The Morgan fingerprint density at radius 2 is 0.500 bits per heavy atom. The van der Waals surface area contributed by atoms with Crippen LogP contribution in [0.15, 0.2) is 0 Å². The molecule has 40 valence electrons. The van der Waals surface area contributed by atoms with Crippen molar-refractivity contribution in [1.29, 1.82) is 0 Å². The minimum atomic E-state index is 0. The Bertz CT molecular complexity index is 8.75. The Balaban J connectivity index is 0. The fraction of sp³-hybridized carbons (Fsp3) is 0. The first kappa shape index (κ1) is 98.9. The van der Waals surface area contributed by atoms with Crippen LogP contribution >= 0.6 is 0 Å². The van der Waals surface area contributed by atoms with Gasteiger partial charge in [0.2, 0.25) is 0 Å². The molecule has 0 aliphatic rings. The molecule has 0 unspecified atom stereocenters. The van der Waals surface area contributed by atoms with Crippen LogP contribution < -0.4 is 37.2 Å². The third kappa shape index (κ3) is 37.7. The van der Waals surface area contributed by atoms with E-state index in [9.17, 15) is 0 Å². The fourth-order valence-corrected chi connectivity index (χ4v) is 0. The van der Waals surface area contributed by atoms with Crippen molar-refractivity contribution in [2.75, 3.05) is 0 Å². The summed E-state index contributed by atoms with van der Waals surface area (Å²) in [5.74, 6) is 0. The number of hydrogen-bond donors (Lipinski definition) is 0. The van der Waals surface area contributed by atoms with Gasteiger partial charge in [-0.1, -0.05) is 0 Å². The van der Waals surface area contributed by atoms with E-state index < -0.39 is 0 Å². The zero-order valence-electron chi connectivity index (χ0n) is 2.71. The van der Waals surface area contributed by atoms with Crippen molar-refractivity contribution in [2.45, 2.75) is 0 Å². The molecule has 0 saturated carbocycles. The standard InChI is InChI=1S/3ClH.La.2H2O/h3*1H;;2*1H2/q;;;+3;;/p-3. The molecule has 0 heterocycles. The van der Waals surface area contributed by atoms with E-state index in [4.69, 9.17) is 0 Å². The third-order valence-electron chi connectivity index (χ3n) is 0. The van der Waals surface area contributed by atoms with Crippen molar-refractivity contribution >= 4 is 0 Å². The molecule has 0 bridgehead atoms. The summed E-state index contributed by atoms with van der Waals surface area (Å²) in [5.41, 5.74) is 0. The first-order valence-corrected chi connectivity index (χ1v) is 0.